The van der Waals surface area contributed by atoms with Crippen molar-refractivity contribution >= 4 is 0 Å². The third-order valence-electron chi connectivity index (χ3n) is 3.87. The molecule has 3 nitrogen and oxygen atoms in total. The quantitative estimate of drug-likeness (QED) is 0.737. The fraction of sp³-hybridized carbons (Fsp3) is 1.00. The second-order valence-corrected chi connectivity index (χ2v) is 5.90. The van der Waals surface area contributed by atoms with E-state index >= 15 is 0 Å². The zero-order valence-corrected chi connectivity index (χ0v) is 11.7. The fourth-order valence-electron chi connectivity index (χ4n) is 2.26. The number of hydrogen-bond donors (Lipinski definition) is 1. The normalized spacial score (nSPS) is 23.2. The van der Waals surface area contributed by atoms with Crippen LogP contribution in [0, 0.1) is 5.92 Å². The molecule has 0 aliphatic carbocycles. The molecule has 0 aromatic rings. The second kappa shape index (κ2) is 5.99. The molecule has 0 aromatic carbocycles. The maximum atomic E-state index is 3.46. The van der Waals surface area contributed by atoms with Crippen LogP contribution in [0.25, 0.3) is 0 Å². The summed E-state index contributed by atoms with van der Waals surface area (Å²) in [7, 11) is 4.35. The zero-order valence-electron chi connectivity index (χ0n) is 11.7. The largest absolute Gasteiger partial charge is 0.317 e. The highest BCUT2D eigenvalue weighted by Crippen LogP contribution is 2.20. The van der Waals surface area contributed by atoms with Gasteiger partial charge < -0.3 is 15.1 Å². The van der Waals surface area contributed by atoms with Crippen LogP contribution in [-0.4, -0.2) is 62.2 Å². The van der Waals surface area contributed by atoms with Gasteiger partial charge in [-0.25, -0.2) is 0 Å². The predicted molar refractivity (Wildman–Crippen MR) is 70.9 cm³/mol. The van der Waals surface area contributed by atoms with Crippen molar-refractivity contribution in [3.8, 4) is 0 Å². The molecule has 0 radical (unpaired) electrons. The SMILES string of the molecule is CCNCC1CCN(CC(C)(C)N(C)C)C1. The molecule has 1 heterocycles. The molecule has 1 unspecified atom stereocenters. The first kappa shape index (κ1) is 13.9. The Morgan fingerprint density at radius 2 is 2.06 bits per heavy atom. The Kier molecular flexibility index (Phi) is 5.22. The molecule has 0 spiro atoms. The molecule has 0 bridgehead atoms. The minimum atomic E-state index is 0.285. The summed E-state index contributed by atoms with van der Waals surface area (Å²) in [4.78, 5) is 4.94. The van der Waals surface area contributed by atoms with Crippen LogP contribution in [0.3, 0.4) is 0 Å². The van der Waals surface area contributed by atoms with Crippen molar-refractivity contribution in [1.29, 1.82) is 0 Å². The van der Waals surface area contributed by atoms with E-state index in [2.05, 4.69) is 50.0 Å². The standard InChI is InChI=1S/C13H29N3/c1-6-14-9-12-7-8-16(10-12)11-13(2,3)15(4)5/h12,14H,6-11H2,1-5H3. The van der Waals surface area contributed by atoms with E-state index in [-0.39, 0.29) is 5.54 Å². The van der Waals surface area contributed by atoms with Crippen molar-refractivity contribution in [3.63, 3.8) is 0 Å². The van der Waals surface area contributed by atoms with Crippen LogP contribution in [0.15, 0.2) is 0 Å². The van der Waals surface area contributed by atoms with E-state index in [9.17, 15) is 0 Å². The summed E-state index contributed by atoms with van der Waals surface area (Å²) in [5.41, 5.74) is 0.285. The van der Waals surface area contributed by atoms with Crippen molar-refractivity contribution in [3.05, 3.63) is 0 Å². The second-order valence-electron chi connectivity index (χ2n) is 5.90. The summed E-state index contributed by atoms with van der Waals surface area (Å²) in [5, 5.41) is 3.46. The molecule has 1 atom stereocenters. The average Bonchev–Trinajstić information content (AvgIpc) is 2.61. The van der Waals surface area contributed by atoms with Gasteiger partial charge in [0.15, 0.2) is 0 Å². The average molecular weight is 227 g/mol. The van der Waals surface area contributed by atoms with Gasteiger partial charge in [0.25, 0.3) is 0 Å². The van der Waals surface area contributed by atoms with Crippen LogP contribution in [-0.2, 0) is 0 Å². The van der Waals surface area contributed by atoms with Crippen molar-refractivity contribution in [2.24, 2.45) is 5.92 Å². The molecule has 1 fully saturated rings. The lowest BCUT2D eigenvalue weighted by Gasteiger charge is -2.36. The summed E-state index contributed by atoms with van der Waals surface area (Å²) in [5.74, 6) is 0.859. The van der Waals surface area contributed by atoms with Gasteiger partial charge in [-0.3, -0.25) is 0 Å². The zero-order chi connectivity index (χ0) is 12.2. The molecular weight excluding hydrogens is 198 g/mol. The molecule has 1 saturated heterocycles. The molecule has 1 aliphatic heterocycles. The summed E-state index contributed by atoms with van der Waals surface area (Å²) in [6, 6.07) is 0. The van der Waals surface area contributed by atoms with Crippen LogP contribution in [0.2, 0.25) is 0 Å². The third-order valence-corrected chi connectivity index (χ3v) is 3.87. The van der Waals surface area contributed by atoms with Gasteiger partial charge >= 0.3 is 0 Å². The molecule has 3 heteroatoms. The molecule has 1 aliphatic rings. The van der Waals surface area contributed by atoms with Crippen LogP contribution in [0.5, 0.6) is 0 Å². The van der Waals surface area contributed by atoms with Gasteiger partial charge in [-0.2, -0.15) is 0 Å². The number of nitrogens with one attached hydrogen (secondary N) is 1. The van der Waals surface area contributed by atoms with Crippen molar-refractivity contribution < 1.29 is 0 Å². The van der Waals surface area contributed by atoms with Gasteiger partial charge in [0, 0.05) is 18.6 Å². The summed E-state index contributed by atoms with van der Waals surface area (Å²) in [6.07, 6.45) is 1.36. The van der Waals surface area contributed by atoms with Crippen molar-refractivity contribution in [2.75, 3.05) is 46.8 Å². The van der Waals surface area contributed by atoms with E-state index in [0.717, 1.165) is 12.5 Å². The lowest BCUT2D eigenvalue weighted by Crippen LogP contribution is -2.47. The first-order valence-corrected chi connectivity index (χ1v) is 6.56. The molecule has 96 valence electrons. The lowest BCUT2D eigenvalue weighted by molar-refractivity contribution is 0.131. The Balaban J connectivity index is 2.31. The first-order chi connectivity index (χ1) is 7.45. The predicted octanol–water partition coefficient (Wildman–Crippen LogP) is 1.26. The van der Waals surface area contributed by atoms with E-state index in [0.29, 0.717) is 0 Å². The summed E-state index contributed by atoms with van der Waals surface area (Å²) < 4.78 is 0. The van der Waals surface area contributed by atoms with E-state index in [1.54, 1.807) is 0 Å². The Bertz CT molecular complexity index is 201. The number of hydrogen-bond acceptors (Lipinski definition) is 3. The Morgan fingerprint density at radius 1 is 1.38 bits per heavy atom. The van der Waals surface area contributed by atoms with Gasteiger partial charge in [0.05, 0.1) is 0 Å². The van der Waals surface area contributed by atoms with E-state index < -0.39 is 0 Å². The van der Waals surface area contributed by atoms with Crippen LogP contribution in [0.4, 0.5) is 0 Å². The van der Waals surface area contributed by atoms with Gasteiger partial charge in [0.1, 0.15) is 0 Å². The molecular formula is C13H29N3. The molecule has 0 saturated carbocycles. The van der Waals surface area contributed by atoms with Crippen LogP contribution < -0.4 is 5.32 Å². The number of likely N-dealkylation sites (N-methyl/N-ethyl adjacent to an activating group) is 1. The molecule has 0 amide bonds. The maximum Gasteiger partial charge on any atom is 0.0274 e. The van der Waals surface area contributed by atoms with E-state index in [4.69, 9.17) is 0 Å². The van der Waals surface area contributed by atoms with Gasteiger partial charge in [-0.15, -0.1) is 0 Å². The van der Waals surface area contributed by atoms with Crippen molar-refractivity contribution in [1.82, 2.24) is 15.1 Å². The smallest absolute Gasteiger partial charge is 0.0274 e. The monoisotopic (exact) mass is 227 g/mol. The molecule has 1 N–H and O–H groups in total. The van der Waals surface area contributed by atoms with Gasteiger partial charge in [-0.05, 0) is 59.9 Å². The summed E-state index contributed by atoms with van der Waals surface area (Å²) >= 11 is 0. The molecule has 16 heavy (non-hydrogen) atoms. The Labute approximate surface area is 101 Å². The van der Waals surface area contributed by atoms with Crippen molar-refractivity contribution in [2.45, 2.75) is 32.7 Å². The molecule has 1 rings (SSSR count). The highest BCUT2D eigenvalue weighted by molar-refractivity contribution is 4.86. The maximum absolute atomic E-state index is 3.46. The molecule has 0 aromatic heterocycles. The van der Waals surface area contributed by atoms with E-state index in [1.165, 1.54) is 32.6 Å². The number of rotatable bonds is 6. The number of nitrogens with zero attached hydrogens (tertiary/aromatic N) is 2. The van der Waals surface area contributed by atoms with Gasteiger partial charge in [0.2, 0.25) is 0 Å². The van der Waals surface area contributed by atoms with E-state index in [1.807, 2.05) is 0 Å². The van der Waals surface area contributed by atoms with Gasteiger partial charge in [-0.1, -0.05) is 6.92 Å². The lowest BCUT2D eigenvalue weighted by atomic mass is 10.0. The highest BCUT2D eigenvalue weighted by Gasteiger charge is 2.28. The fourth-order valence-corrected chi connectivity index (χ4v) is 2.26. The topological polar surface area (TPSA) is 18.5 Å². The Morgan fingerprint density at radius 3 is 2.62 bits per heavy atom. The van der Waals surface area contributed by atoms with Crippen LogP contribution >= 0.6 is 0 Å². The first-order valence-electron chi connectivity index (χ1n) is 6.56. The van der Waals surface area contributed by atoms with Crippen LogP contribution in [0.1, 0.15) is 27.2 Å². The summed E-state index contributed by atoms with van der Waals surface area (Å²) in [6.45, 7) is 12.8. The third kappa shape index (κ3) is 4.04. The Hall–Kier alpha value is -0.120. The minimum absolute atomic E-state index is 0.285. The highest BCUT2D eigenvalue weighted by atomic mass is 15.2. The number of likely N-dealkylation sites (tertiary alicyclic amines) is 1. The minimum Gasteiger partial charge on any atom is -0.317 e.